The first-order chi connectivity index (χ1) is 14.7. The van der Waals surface area contributed by atoms with Crippen molar-refractivity contribution in [2.75, 3.05) is 0 Å². The molecular formula is C27H30N2O2. The molecule has 0 radical (unpaired) electrons. The number of aryl methyl sites for hydroxylation is 1. The summed E-state index contributed by atoms with van der Waals surface area (Å²) in [5, 5.41) is 24.4. The summed E-state index contributed by atoms with van der Waals surface area (Å²) < 4.78 is 0.968. The van der Waals surface area contributed by atoms with Gasteiger partial charge in [0.25, 0.3) is 5.84 Å². The quantitative estimate of drug-likeness (QED) is 0.404. The van der Waals surface area contributed by atoms with Gasteiger partial charge in [-0.15, -0.1) is 5.06 Å². The van der Waals surface area contributed by atoms with E-state index in [2.05, 4.69) is 72.8 Å². The van der Waals surface area contributed by atoms with E-state index in [1.807, 2.05) is 33.8 Å². The molecule has 0 spiro atoms. The van der Waals surface area contributed by atoms with Gasteiger partial charge in [-0.25, -0.2) is 5.21 Å². The Morgan fingerprint density at radius 3 is 1.61 bits per heavy atom. The molecule has 0 amide bonds. The van der Waals surface area contributed by atoms with Crippen LogP contribution in [0.15, 0.2) is 78.9 Å². The summed E-state index contributed by atoms with van der Waals surface area (Å²) in [6, 6.07) is 27.4. The third-order valence-corrected chi connectivity index (χ3v) is 6.93. The fourth-order valence-electron chi connectivity index (χ4n) is 4.05. The van der Waals surface area contributed by atoms with Crippen LogP contribution < -0.4 is 0 Å². The molecular weight excluding hydrogens is 384 g/mol. The average Bonchev–Trinajstić information content (AvgIpc) is 2.90. The zero-order valence-electron chi connectivity index (χ0n) is 18.7. The summed E-state index contributed by atoms with van der Waals surface area (Å²) >= 11 is 0. The van der Waals surface area contributed by atoms with Crippen LogP contribution >= 0.6 is 0 Å². The number of hydrogen-bond acceptors (Lipinski definition) is 3. The van der Waals surface area contributed by atoms with Crippen LogP contribution in [0, 0.1) is 5.21 Å². The second kappa shape index (κ2) is 7.86. The Hall–Kier alpha value is -3.11. The maximum Gasteiger partial charge on any atom is 0.281 e. The standard InChI is InChI=1S/C27H30N2O2/c1-26(2)27(3,4)29(31)25(28(26)30)19-12-20-10-13-22(14-11-20)24-17-15-23(16-18-24)21-8-6-5-7-9-21/h5-11,13-18,30H,12,19H2,1-4H3. The number of hydrogen-bond donors (Lipinski definition) is 1. The van der Waals surface area contributed by atoms with Crippen molar-refractivity contribution in [3.8, 4) is 22.3 Å². The summed E-state index contributed by atoms with van der Waals surface area (Å²) in [5.41, 5.74) is 4.57. The van der Waals surface area contributed by atoms with Crippen molar-refractivity contribution in [2.24, 2.45) is 0 Å². The van der Waals surface area contributed by atoms with Gasteiger partial charge in [0.05, 0.1) is 6.42 Å². The minimum absolute atomic E-state index is 0.426. The minimum Gasteiger partial charge on any atom is -0.715 e. The molecule has 0 aromatic heterocycles. The summed E-state index contributed by atoms with van der Waals surface area (Å²) in [6.07, 6.45) is 1.20. The molecule has 3 aromatic carbocycles. The number of benzene rings is 3. The lowest BCUT2D eigenvalue weighted by Gasteiger charge is -2.33. The van der Waals surface area contributed by atoms with E-state index in [4.69, 9.17) is 0 Å². The maximum atomic E-state index is 12.7. The molecule has 3 aromatic rings. The van der Waals surface area contributed by atoms with E-state index in [9.17, 15) is 10.4 Å². The van der Waals surface area contributed by atoms with E-state index >= 15 is 0 Å². The summed E-state index contributed by atoms with van der Waals surface area (Å²) in [4.78, 5) is 0. The van der Waals surface area contributed by atoms with Crippen LogP contribution in [0.25, 0.3) is 22.3 Å². The molecule has 0 saturated carbocycles. The zero-order chi connectivity index (χ0) is 22.2. The van der Waals surface area contributed by atoms with Gasteiger partial charge in [0.15, 0.2) is 5.54 Å². The SMILES string of the molecule is CC1(C)N(O)C(CCc2ccc(-c3ccc(-c4ccccc4)cc3)cc2)=[N+]([O-])C1(C)C. The van der Waals surface area contributed by atoms with Crippen molar-refractivity contribution in [1.29, 1.82) is 0 Å². The third-order valence-electron chi connectivity index (χ3n) is 6.93. The summed E-state index contributed by atoms with van der Waals surface area (Å²) in [5.74, 6) is 0.426. The van der Waals surface area contributed by atoms with Crippen LogP contribution in [0.4, 0.5) is 0 Å². The van der Waals surface area contributed by atoms with Crippen molar-refractivity contribution in [2.45, 2.75) is 51.6 Å². The van der Waals surface area contributed by atoms with Crippen molar-refractivity contribution in [3.05, 3.63) is 89.6 Å². The van der Waals surface area contributed by atoms with E-state index in [1.54, 1.807) is 0 Å². The number of hydroxylamine groups is 3. The fraction of sp³-hybridized carbons (Fsp3) is 0.296. The molecule has 0 aliphatic carbocycles. The molecule has 4 nitrogen and oxygen atoms in total. The lowest BCUT2D eigenvalue weighted by Crippen LogP contribution is -2.53. The maximum absolute atomic E-state index is 12.7. The second-order valence-corrected chi connectivity index (χ2v) is 9.28. The summed E-state index contributed by atoms with van der Waals surface area (Å²) in [7, 11) is 0. The normalized spacial score (nSPS) is 17.3. The van der Waals surface area contributed by atoms with Crippen molar-refractivity contribution >= 4 is 5.84 Å². The molecule has 4 rings (SSSR count). The van der Waals surface area contributed by atoms with Crippen LogP contribution in [0.1, 0.15) is 39.7 Å². The van der Waals surface area contributed by atoms with Gasteiger partial charge in [0.1, 0.15) is 5.54 Å². The zero-order valence-corrected chi connectivity index (χ0v) is 18.7. The monoisotopic (exact) mass is 414 g/mol. The topological polar surface area (TPSA) is 49.5 Å². The average molecular weight is 415 g/mol. The molecule has 1 aliphatic rings. The van der Waals surface area contributed by atoms with E-state index in [0.29, 0.717) is 18.7 Å². The van der Waals surface area contributed by atoms with Crippen molar-refractivity contribution in [3.63, 3.8) is 0 Å². The van der Waals surface area contributed by atoms with Gasteiger partial charge in [0, 0.05) is 0 Å². The van der Waals surface area contributed by atoms with Gasteiger partial charge >= 0.3 is 0 Å². The Kier molecular flexibility index (Phi) is 5.36. The number of nitrogens with zero attached hydrogens (tertiary/aromatic N) is 2. The molecule has 0 unspecified atom stereocenters. The Balaban J connectivity index is 1.45. The molecule has 0 fully saturated rings. The first kappa shape index (κ1) is 21.1. The Bertz CT molecular complexity index is 1080. The Morgan fingerprint density at radius 2 is 1.16 bits per heavy atom. The van der Waals surface area contributed by atoms with E-state index in [1.165, 1.54) is 16.7 Å². The molecule has 1 N–H and O–H groups in total. The van der Waals surface area contributed by atoms with Crippen LogP contribution in [-0.2, 0) is 6.42 Å². The predicted octanol–water partition coefficient (Wildman–Crippen LogP) is 6.12. The van der Waals surface area contributed by atoms with Gasteiger partial charge < -0.3 is 5.21 Å². The largest absolute Gasteiger partial charge is 0.715 e. The fourth-order valence-corrected chi connectivity index (χ4v) is 4.05. The smallest absolute Gasteiger partial charge is 0.281 e. The Morgan fingerprint density at radius 1 is 0.710 bits per heavy atom. The predicted molar refractivity (Wildman–Crippen MR) is 126 cm³/mol. The summed E-state index contributed by atoms with van der Waals surface area (Å²) in [6.45, 7) is 7.52. The number of amidine groups is 1. The molecule has 31 heavy (non-hydrogen) atoms. The van der Waals surface area contributed by atoms with Gasteiger partial charge in [-0.05, 0) is 61.9 Å². The molecule has 0 saturated heterocycles. The molecule has 160 valence electrons. The first-order valence-electron chi connectivity index (χ1n) is 10.8. The van der Waals surface area contributed by atoms with Crippen molar-refractivity contribution in [1.82, 2.24) is 5.06 Å². The van der Waals surface area contributed by atoms with Crippen LogP contribution in [0.5, 0.6) is 0 Å². The highest BCUT2D eigenvalue weighted by Crippen LogP contribution is 2.36. The first-order valence-corrected chi connectivity index (χ1v) is 10.8. The molecule has 1 aliphatic heterocycles. The van der Waals surface area contributed by atoms with Crippen molar-refractivity contribution < 1.29 is 9.95 Å². The van der Waals surface area contributed by atoms with Gasteiger partial charge in [0.2, 0.25) is 0 Å². The van der Waals surface area contributed by atoms with E-state index < -0.39 is 11.1 Å². The van der Waals surface area contributed by atoms with Gasteiger partial charge in [-0.1, -0.05) is 78.9 Å². The van der Waals surface area contributed by atoms with Crippen LogP contribution in [0.3, 0.4) is 0 Å². The second-order valence-electron chi connectivity index (χ2n) is 9.28. The lowest BCUT2D eigenvalue weighted by atomic mass is 9.84. The minimum atomic E-state index is -0.688. The molecule has 0 bridgehead atoms. The highest BCUT2D eigenvalue weighted by molar-refractivity contribution is 5.79. The number of rotatable bonds is 5. The van der Waals surface area contributed by atoms with Crippen LogP contribution in [0.2, 0.25) is 0 Å². The highest BCUT2D eigenvalue weighted by Gasteiger charge is 2.58. The molecule has 4 heteroatoms. The van der Waals surface area contributed by atoms with E-state index in [-0.39, 0.29) is 0 Å². The lowest BCUT2D eigenvalue weighted by molar-refractivity contribution is -0.540. The van der Waals surface area contributed by atoms with Gasteiger partial charge in [-0.3, -0.25) is 4.74 Å². The van der Waals surface area contributed by atoms with Gasteiger partial charge in [-0.2, -0.15) is 0 Å². The van der Waals surface area contributed by atoms with E-state index in [0.717, 1.165) is 20.9 Å². The molecule has 0 atom stereocenters. The molecule has 1 heterocycles. The third kappa shape index (κ3) is 3.72. The van der Waals surface area contributed by atoms with Crippen LogP contribution in [-0.4, -0.2) is 31.9 Å². The Labute approximate surface area is 184 Å². The highest BCUT2D eigenvalue weighted by atomic mass is 16.5.